The molecule has 2 aromatic rings. The molecule has 0 aliphatic carbocycles. The third-order valence-electron chi connectivity index (χ3n) is 2.44. The van der Waals surface area contributed by atoms with Crippen LogP contribution >= 0.6 is 27.5 Å². The topological polar surface area (TPSA) is 70.1 Å². The molecule has 5 nitrogen and oxygen atoms in total. The lowest BCUT2D eigenvalue weighted by Crippen LogP contribution is -2.09. The maximum Gasteiger partial charge on any atom is 0.360 e. The number of benzene rings is 1. The van der Waals surface area contributed by atoms with Crippen LogP contribution in [-0.2, 0) is 4.74 Å². The number of aromatic nitrogens is 2. The molecule has 19 heavy (non-hydrogen) atoms. The summed E-state index contributed by atoms with van der Waals surface area (Å²) in [5.41, 5.74) is 6.76. The number of rotatable bonds is 3. The number of ether oxygens (including phenoxy) is 1. The summed E-state index contributed by atoms with van der Waals surface area (Å²) in [5, 5.41) is 0.597. The molecule has 0 spiro atoms. The van der Waals surface area contributed by atoms with Gasteiger partial charge in [-0.2, -0.15) is 0 Å². The molecule has 1 aromatic carbocycles. The van der Waals surface area contributed by atoms with E-state index in [4.69, 9.17) is 22.1 Å². The molecule has 0 saturated carbocycles. The number of esters is 1. The smallest absolute Gasteiger partial charge is 0.360 e. The number of halogens is 2. The maximum atomic E-state index is 11.6. The number of carbonyl (C=O) groups is 1. The van der Waals surface area contributed by atoms with Crippen molar-refractivity contribution in [1.82, 2.24) is 9.55 Å². The van der Waals surface area contributed by atoms with Crippen molar-refractivity contribution in [2.45, 2.75) is 6.92 Å². The van der Waals surface area contributed by atoms with Crippen molar-refractivity contribution in [1.29, 1.82) is 0 Å². The minimum absolute atomic E-state index is 0.101. The van der Waals surface area contributed by atoms with Gasteiger partial charge in [-0.25, -0.2) is 9.78 Å². The van der Waals surface area contributed by atoms with Crippen molar-refractivity contribution in [2.75, 3.05) is 12.3 Å². The highest BCUT2D eigenvalue weighted by Crippen LogP contribution is 2.27. The number of anilines is 1. The van der Waals surface area contributed by atoms with Crippen LogP contribution in [0, 0.1) is 0 Å². The van der Waals surface area contributed by atoms with Crippen molar-refractivity contribution in [3.63, 3.8) is 0 Å². The Morgan fingerprint density at radius 2 is 2.32 bits per heavy atom. The quantitative estimate of drug-likeness (QED) is 0.869. The normalized spacial score (nSPS) is 10.5. The fourth-order valence-corrected chi connectivity index (χ4v) is 2.46. The minimum Gasteiger partial charge on any atom is -0.461 e. The Morgan fingerprint density at radius 1 is 1.58 bits per heavy atom. The van der Waals surface area contributed by atoms with E-state index in [0.717, 1.165) is 10.2 Å². The third kappa shape index (κ3) is 2.74. The molecule has 0 amide bonds. The van der Waals surface area contributed by atoms with Crippen LogP contribution in [0.25, 0.3) is 5.69 Å². The first-order valence-electron chi connectivity index (χ1n) is 5.50. The number of nitrogens with two attached hydrogens (primary N) is 1. The molecule has 0 atom stereocenters. The Morgan fingerprint density at radius 3 is 2.95 bits per heavy atom. The van der Waals surface area contributed by atoms with Gasteiger partial charge in [0.05, 0.1) is 12.3 Å². The number of carbonyl (C=O) groups excluding carboxylic acids is 1. The molecule has 1 heterocycles. The molecular weight excluding hydrogens is 334 g/mol. The first kappa shape index (κ1) is 13.9. The van der Waals surface area contributed by atoms with Crippen LogP contribution in [-0.4, -0.2) is 22.1 Å². The van der Waals surface area contributed by atoms with Crippen molar-refractivity contribution >= 4 is 39.3 Å². The van der Waals surface area contributed by atoms with E-state index in [1.54, 1.807) is 29.7 Å². The zero-order valence-corrected chi connectivity index (χ0v) is 12.4. The van der Waals surface area contributed by atoms with Gasteiger partial charge < -0.3 is 10.5 Å². The van der Waals surface area contributed by atoms with Gasteiger partial charge in [0.1, 0.15) is 12.1 Å². The third-order valence-corrected chi connectivity index (χ3v) is 3.31. The van der Waals surface area contributed by atoms with Crippen LogP contribution in [0.15, 0.2) is 29.0 Å². The highest BCUT2D eigenvalue weighted by Gasteiger charge is 2.18. The summed E-state index contributed by atoms with van der Waals surface area (Å²) >= 11 is 9.27. The molecular formula is C12H11BrClN3O2. The molecule has 2 rings (SSSR count). The Kier molecular flexibility index (Phi) is 4.11. The second kappa shape index (κ2) is 5.63. The number of imidazole rings is 1. The van der Waals surface area contributed by atoms with E-state index in [1.807, 2.05) is 0 Å². The van der Waals surface area contributed by atoms with Gasteiger partial charge in [0.15, 0.2) is 5.69 Å². The second-order valence-corrected chi connectivity index (χ2v) is 4.96. The van der Waals surface area contributed by atoms with E-state index in [2.05, 4.69) is 20.9 Å². The molecule has 0 radical (unpaired) electrons. The summed E-state index contributed by atoms with van der Waals surface area (Å²) in [5.74, 6) is -0.315. The molecule has 0 bridgehead atoms. The standard InChI is InChI=1S/C12H11BrClN3O2/c1-2-19-12(18)10-11(15)17(6-16-10)9-4-3-7(14)5-8(9)13/h3-6H,2,15H2,1H3. The van der Waals surface area contributed by atoms with Crippen LogP contribution in [0.5, 0.6) is 0 Å². The maximum absolute atomic E-state index is 11.6. The largest absolute Gasteiger partial charge is 0.461 e. The summed E-state index contributed by atoms with van der Waals surface area (Å²) in [7, 11) is 0. The summed E-state index contributed by atoms with van der Waals surface area (Å²) in [6, 6.07) is 5.24. The zero-order chi connectivity index (χ0) is 14.0. The number of hydrogen-bond acceptors (Lipinski definition) is 4. The first-order valence-corrected chi connectivity index (χ1v) is 6.67. The van der Waals surface area contributed by atoms with Gasteiger partial charge in [-0.15, -0.1) is 0 Å². The summed E-state index contributed by atoms with van der Waals surface area (Å²) in [4.78, 5) is 15.6. The monoisotopic (exact) mass is 343 g/mol. The Hall–Kier alpha value is -1.53. The fourth-order valence-electron chi connectivity index (χ4n) is 1.58. The average Bonchev–Trinajstić information content (AvgIpc) is 2.72. The number of nitrogens with zero attached hydrogens (tertiary/aromatic N) is 2. The van der Waals surface area contributed by atoms with Crippen LogP contribution in [0.2, 0.25) is 5.02 Å². The van der Waals surface area contributed by atoms with E-state index in [0.29, 0.717) is 5.02 Å². The van der Waals surface area contributed by atoms with Gasteiger partial charge >= 0.3 is 5.97 Å². The van der Waals surface area contributed by atoms with Crippen LogP contribution in [0.3, 0.4) is 0 Å². The number of nitrogen functional groups attached to an aromatic ring is 1. The van der Waals surface area contributed by atoms with Crippen LogP contribution < -0.4 is 5.73 Å². The van der Waals surface area contributed by atoms with E-state index < -0.39 is 5.97 Å². The lowest BCUT2D eigenvalue weighted by atomic mass is 10.3. The molecule has 0 unspecified atom stereocenters. The predicted molar refractivity (Wildman–Crippen MR) is 76.6 cm³/mol. The first-order chi connectivity index (χ1) is 9.04. The van der Waals surface area contributed by atoms with Gasteiger partial charge in [-0.3, -0.25) is 4.57 Å². The van der Waals surface area contributed by atoms with E-state index in [9.17, 15) is 4.79 Å². The average molecular weight is 345 g/mol. The zero-order valence-electron chi connectivity index (χ0n) is 10.1. The SMILES string of the molecule is CCOC(=O)c1ncn(-c2ccc(Cl)cc2Br)c1N. The fraction of sp³-hybridized carbons (Fsp3) is 0.167. The highest BCUT2D eigenvalue weighted by atomic mass is 79.9. The molecule has 0 aliphatic rings. The van der Waals surface area contributed by atoms with Crippen molar-refractivity contribution in [3.05, 3.63) is 39.7 Å². The van der Waals surface area contributed by atoms with Crippen molar-refractivity contribution in [3.8, 4) is 5.69 Å². The molecule has 1 aromatic heterocycles. The van der Waals surface area contributed by atoms with Gasteiger partial charge in [-0.1, -0.05) is 11.6 Å². The van der Waals surface area contributed by atoms with Gasteiger partial charge in [0.2, 0.25) is 0 Å². The molecule has 0 saturated heterocycles. The van der Waals surface area contributed by atoms with Crippen molar-refractivity contribution in [2.24, 2.45) is 0 Å². The van der Waals surface area contributed by atoms with E-state index in [1.165, 1.54) is 6.33 Å². The number of hydrogen-bond donors (Lipinski definition) is 1. The Bertz CT molecular complexity index is 627. The minimum atomic E-state index is -0.538. The van der Waals surface area contributed by atoms with Gasteiger partial charge in [0, 0.05) is 9.50 Å². The summed E-state index contributed by atoms with van der Waals surface area (Å²) in [6.07, 6.45) is 1.47. The molecule has 0 aliphatic heterocycles. The Labute approximate surface area is 123 Å². The second-order valence-electron chi connectivity index (χ2n) is 3.66. The lowest BCUT2D eigenvalue weighted by molar-refractivity contribution is 0.0521. The van der Waals surface area contributed by atoms with Crippen LogP contribution in [0.1, 0.15) is 17.4 Å². The van der Waals surface area contributed by atoms with Gasteiger partial charge in [0.25, 0.3) is 0 Å². The van der Waals surface area contributed by atoms with E-state index >= 15 is 0 Å². The van der Waals surface area contributed by atoms with Crippen LogP contribution in [0.4, 0.5) is 5.82 Å². The molecule has 0 fully saturated rings. The molecule has 100 valence electrons. The van der Waals surface area contributed by atoms with Gasteiger partial charge in [-0.05, 0) is 41.1 Å². The summed E-state index contributed by atoms with van der Waals surface area (Å²) in [6.45, 7) is 2.00. The Balaban J connectivity index is 2.44. The molecule has 7 heteroatoms. The highest BCUT2D eigenvalue weighted by molar-refractivity contribution is 9.10. The van der Waals surface area contributed by atoms with E-state index in [-0.39, 0.29) is 18.1 Å². The predicted octanol–water partition coefficient (Wildman–Crippen LogP) is 3.05. The lowest BCUT2D eigenvalue weighted by Gasteiger charge is -2.08. The molecule has 2 N–H and O–H groups in total. The summed E-state index contributed by atoms with van der Waals surface area (Å²) < 4.78 is 7.22. The van der Waals surface area contributed by atoms with Crippen molar-refractivity contribution < 1.29 is 9.53 Å².